The van der Waals surface area contributed by atoms with E-state index in [4.69, 9.17) is 9.62 Å². The molecule has 0 bridgehead atoms. The SMILES string of the molecule is Cc1ccc(Sc2oc(C=NO)cc2Br)cc1. The van der Waals surface area contributed by atoms with E-state index in [0.29, 0.717) is 5.76 Å². The molecule has 5 heteroatoms. The summed E-state index contributed by atoms with van der Waals surface area (Å²) < 4.78 is 6.34. The van der Waals surface area contributed by atoms with E-state index >= 15 is 0 Å². The van der Waals surface area contributed by atoms with Crippen LogP contribution in [0.4, 0.5) is 0 Å². The molecular weight excluding hydrogens is 302 g/mol. The van der Waals surface area contributed by atoms with Crippen LogP contribution in [0.2, 0.25) is 0 Å². The van der Waals surface area contributed by atoms with Crippen LogP contribution < -0.4 is 0 Å². The second-order valence-corrected chi connectivity index (χ2v) is 5.34. The van der Waals surface area contributed by atoms with Gasteiger partial charge in [0.2, 0.25) is 0 Å². The number of oxime groups is 1. The number of benzene rings is 1. The highest BCUT2D eigenvalue weighted by molar-refractivity contribution is 9.10. The maximum atomic E-state index is 8.43. The van der Waals surface area contributed by atoms with E-state index in [-0.39, 0.29) is 0 Å². The van der Waals surface area contributed by atoms with Crippen LogP contribution in [-0.4, -0.2) is 11.4 Å². The molecule has 2 rings (SSSR count). The van der Waals surface area contributed by atoms with Crippen molar-refractivity contribution in [2.24, 2.45) is 5.16 Å². The van der Waals surface area contributed by atoms with E-state index in [2.05, 4.69) is 33.2 Å². The smallest absolute Gasteiger partial charge is 0.180 e. The van der Waals surface area contributed by atoms with Gasteiger partial charge in [-0.1, -0.05) is 34.6 Å². The molecule has 2 aromatic rings. The van der Waals surface area contributed by atoms with Crippen LogP contribution in [0.15, 0.2) is 54.4 Å². The van der Waals surface area contributed by atoms with Gasteiger partial charge in [0.15, 0.2) is 10.9 Å². The summed E-state index contributed by atoms with van der Waals surface area (Å²) >= 11 is 4.91. The Morgan fingerprint density at radius 1 is 1.35 bits per heavy atom. The highest BCUT2D eigenvalue weighted by Gasteiger charge is 2.09. The van der Waals surface area contributed by atoms with Gasteiger partial charge in [0.25, 0.3) is 0 Å². The summed E-state index contributed by atoms with van der Waals surface area (Å²) in [6.07, 6.45) is 1.25. The summed E-state index contributed by atoms with van der Waals surface area (Å²) in [5.41, 5.74) is 1.22. The predicted octanol–water partition coefficient (Wildman–Crippen LogP) is 4.31. The summed E-state index contributed by atoms with van der Waals surface area (Å²) in [5.74, 6) is 0.508. The lowest BCUT2D eigenvalue weighted by Gasteiger charge is -1.99. The monoisotopic (exact) mass is 311 g/mol. The van der Waals surface area contributed by atoms with Crippen LogP contribution in [0.3, 0.4) is 0 Å². The minimum absolute atomic E-state index is 0.508. The van der Waals surface area contributed by atoms with Gasteiger partial charge in [0.05, 0.1) is 4.47 Å². The highest BCUT2D eigenvalue weighted by Crippen LogP contribution is 2.35. The van der Waals surface area contributed by atoms with Gasteiger partial charge in [-0.05, 0) is 35.0 Å². The fraction of sp³-hybridized carbons (Fsp3) is 0.0833. The van der Waals surface area contributed by atoms with Crippen molar-refractivity contribution in [1.29, 1.82) is 0 Å². The molecule has 0 aliphatic rings. The zero-order valence-electron chi connectivity index (χ0n) is 9.05. The molecule has 0 amide bonds. The standard InChI is InChI=1S/C12H10BrNO2S/c1-8-2-4-10(5-3-8)17-12-11(13)6-9(16-12)7-14-15/h2-7,15H,1H3. The lowest BCUT2D eigenvalue weighted by atomic mass is 10.2. The molecule has 1 N–H and O–H groups in total. The van der Waals surface area contributed by atoms with E-state index < -0.39 is 0 Å². The third-order valence-corrected chi connectivity index (χ3v) is 3.94. The number of rotatable bonds is 3. The molecule has 1 aromatic heterocycles. The van der Waals surface area contributed by atoms with Crippen molar-refractivity contribution in [1.82, 2.24) is 0 Å². The van der Waals surface area contributed by atoms with Crippen molar-refractivity contribution in [2.75, 3.05) is 0 Å². The molecule has 1 aromatic carbocycles. The molecule has 0 spiro atoms. The quantitative estimate of drug-likeness (QED) is 0.522. The molecule has 17 heavy (non-hydrogen) atoms. The molecule has 88 valence electrons. The largest absolute Gasteiger partial charge is 0.447 e. The van der Waals surface area contributed by atoms with Gasteiger partial charge in [0, 0.05) is 11.0 Å². The fourth-order valence-corrected chi connectivity index (χ4v) is 2.60. The van der Waals surface area contributed by atoms with Gasteiger partial charge in [-0.15, -0.1) is 0 Å². The first kappa shape index (κ1) is 12.3. The van der Waals surface area contributed by atoms with E-state index in [0.717, 1.165) is 14.5 Å². The first-order chi connectivity index (χ1) is 8.19. The lowest BCUT2D eigenvalue weighted by molar-refractivity contribution is 0.320. The number of nitrogens with zero attached hydrogens (tertiary/aromatic N) is 1. The van der Waals surface area contributed by atoms with E-state index in [9.17, 15) is 0 Å². The Labute approximate surface area is 112 Å². The Kier molecular flexibility index (Phi) is 3.91. The third-order valence-electron chi connectivity index (χ3n) is 2.09. The van der Waals surface area contributed by atoms with Crippen LogP contribution in [0, 0.1) is 6.92 Å². The Balaban J connectivity index is 2.20. The van der Waals surface area contributed by atoms with Crippen molar-refractivity contribution in [2.45, 2.75) is 16.9 Å². The molecule has 1 heterocycles. The topological polar surface area (TPSA) is 45.7 Å². The van der Waals surface area contributed by atoms with Crippen LogP contribution in [0.1, 0.15) is 11.3 Å². The van der Waals surface area contributed by atoms with Crippen molar-refractivity contribution in [3.8, 4) is 0 Å². The van der Waals surface area contributed by atoms with Gasteiger partial charge in [-0.2, -0.15) is 0 Å². The van der Waals surface area contributed by atoms with Crippen molar-refractivity contribution >= 4 is 33.9 Å². The number of halogens is 1. The number of furan rings is 1. The third kappa shape index (κ3) is 3.14. The van der Waals surface area contributed by atoms with Gasteiger partial charge >= 0.3 is 0 Å². The van der Waals surface area contributed by atoms with Crippen LogP contribution in [0.25, 0.3) is 0 Å². The van der Waals surface area contributed by atoms with Crippen LogP contribution >= 0.6 is 27.7 Å². The number of aryl methyl sites for hydroxylation is 1. The molecule has 0 saturated heterocycles. The number of hydrogen-bond acceptors (Lipinski definition) is 4. The lowest BCUT2D eigenvalue weighted by Crippen LogP contribution is -1.74. The summed E-state index contributed by atoms with van der Waals surface area (Å²) in [4.78, 5) is 1.10. The average Bonchev–Trinajstić information content (AvgIpc) is 2.63. The zero-order valence-corrected chi connectivity index (χ0v) is 11.5. The summed E-state index contributed by atoms with van der Waals surface area (Å²) in [6.45, 7) is 2.05. The van der Waals surface area contributed by atoms with Crippen LogP contribution in [-0.2, 0) is 0 Å². The summed E-state index contributed by atoms with van der Waals surface area (Å²) in [5, 5.41) is 12.1. The van der Waals surface area contributed by atoms with E-state index in [1.807, 2.05) is 19.1 Å². The van der Waals surface area contributed by atoms with Gasteiger partial charge in [-0.3, -0.25) is 0 Å². The fourth-order valence-electron chi connectivity index (χ4n) is 1.27. The maximum absolute atomic E-state index is 8.43. The first-order valence-corrected chi connectivity index (χ1v) is 6.51. The average molecular weight is 312 g/mol. The van der Waals surface area contributed by atoms with Gasteiger partial charge in [-0.25, -0.2) is 0 Å². The van der Waals surface area contributed by atoms with Crippen LogP contribution in [0.5, 0.6) is 0 Å². The zero-order chi connectivity index (χ0) is 12.3. The minimum Gasteiger partial charge on any atom is -0.447 e. The van der Waals surface area contributed by atoms with E-state index in [1.54, 1.807) is 6.07 Å². The molecule has 0 saturated carbocycles. The minimum atomic E-state index is 0.508. The maximum Gasteiger partial charge on any atom is 0.180 e. The first-order valence-electron chi connectivity index (χ1n) is 4.90. The Morgan fingerprint density at radius 2 is 2.06 bits per heavy atom. The number of hydrogen-bond donors (Lipinski definition) is 1. The summed E-state index contributed by atoms with van der Waals surface area (Å²) in [7, 11) is 0. The second kappa shape index (κ2) is 5.42. The van der Waals surface area contributed by atoms with Crippen molar-refractivity contribution in [3.05, 3.63) is 46.1 Å². The molecule has 0 aliphatic carbocycles. The van der Waals surface area contributed by atoms with E-state index in [1.165, 1.54) is 23.5 Å². The Morgan fingerprint density at radius 3 is 2.71 bits per heavy atom. The second-order valence-electron chi connectivity index (χ2n) is 3.44. The molecule has 0 atom stereocenters. The normalized spacial score (nSPS) is 11.2. The molecule has 3 nitrogen and oxygen atoms in total. The van der Waals surface area contributed by atoms with Crippen molar-refractivity contribution in [3.63, 3.8) is 0 Å². The van der Waals surface area contributed by atoms with Gasteiger partial charge in [0.1, 0.15) is 6.21 Å². The predicted molar refractivity (Wildman–Crippen MR) is 71.1 cm³/mol. The Bertz CT molecular complexity index is 534. The highest BCUT2D eigenvalue weighted by atomic mass is 79.9. The summed E-state index contributed by atoms with van der Waals surface area (Å²) in [6, 6.07) is 9.93. The van der Waals surface area contributed by atoms with Gasteiger partial charge < -0.3 is 9.62 Å². The van der Waals surface area contributed by atoms with Crippen molar-refractivity contribution < 1.29 is 9.62 Å². The Hall–Kier alpha value is -1.20. The molecule has 0 aliphatic heterocycles. The molecule has 0 radical (unpaired) electrons. The molecule has 0 fully saturated rings. The molecule has 0 unspecified atom stereocenters. The molecular formula is C12H10BrNO2S.